The molecule has 1 aromatic heterocycles. The van der Waals surface area contributed by atoms with Crippen LogP contribution in [0.1, 0.15) is 21.6 Å². The van der Waals surface area contributed by atoms with E-state index < -0.39 is 0 Å². The average molecular weight is 277 g/mol. The monoisotopic (exact) mass is 277 g/mol. The molecular formula is C18H15NO2. The highest BCUT2D eigenvalue weighted by molar-refractivity contribution is 5.89. The summed E-state index contributed by atoms with van der Waals surface area (Å²) in [6, 6.07) is 15.0. The van der Waals surface area contributed by atoms with Crippen molar-refractivity contribution in [3.05, 3.63) is 75.7 Å². The van der Waals surface area contributed by atoms with Gasteiger partial charge in [-0.05, 0) is 42.5 Å². The molecule has 0 fully saturated rings. The van der Waals surface area contributed by atoms with Gasteiger partial charge < -0.3 is 0 Å². The van der Waals surface area contributed by atoms with Gasteiger partial charge in [0.25, 0.3) is 5.56 Å². The SMILES string of the molecule is Cc1ccccc1-n1c(C=O)cc2cccc(C)c2c1=O. The number of fused-ring (bicyclic) bond motifs is 1. The quantitative estimate of drug-likeness (QED) is 0.673. The van der Waals surface area contributed by atoms with Crippen LogP contribution in [-0.2, 0) is 0 Å². The van der Waals surface area contributed by atoms with Crippen LogP contribution in [0, 0.1) is 13.8 Å². The number of pyridine rings is 1. The summed E-state index contributed by atoms with van der Waals surface area (Å²) in [7, 11) is 0. The van der Waals surface area contributed by atoms with Crippen molar-refractivity contribution >= 4 is 17.1 Å². The predicted octanol–water partition coefficient (Wildman–Crippen LogP) is 3.42. The van der Waals surface area contributed by atoms with E-state index in [0.29, 0.717) is 11.1 Å². The van der Waals surface area contributed by atoms with E-state index in [-0.39, 0.29) is 5.56 Å². The van der Waals surface area contributed by atoms with Crippen molar-refractivity contribution in [2.75, 3.05) is 0 Å². The number of nitrogens with zero attached hydrogens (tertiary/aromatic N) is 1. The third-order valence-corrected chi connectivity index (χ3v) is 3.76. The van der Waals surface area contributed by atoms with E-state index in [1.165, 1.54) is 4.57 Å². The maximum atomic E-state index is 12.9. The van der Waals surface area contributed by atoms with Crippen molar-refractivity contribution < 1.29 is 4.79 Å². The van der Waals surface area contributed by atoms with Crippen LogP contribution in [0.4, 0.5) is 0 Å². The number of aryl methyl sites for hydroxylation is 2. The fourth-order valence-electron chi connectivity index (χ4n) is 2.71. The maximum absolute atomic E-state index is 12.9. The molecule has 0 amide bonds. The molecule has 3 rings (SSSR count). The van der Waals surface area contributed by atoms with Crippen LogP contribution in [0.2, 0.25) is 0 Å². The number of benzene rings is 2. The standard InChI is InChI=1S/C18H15NO2/c1-12-6-3-4-9-16(12)19-15(11-20)10-14-8-5-7-13(2)17(14)18(19)21/h3-11H,1-2H3. The zero-order valence-corrected chi connectivity index (χ0v) is 12.0. The van der Waals surface area contributed by atoms with Crippen LogP contribution in [0.5, 0.6) is 0 Å². The molecule has 0 aliphatic rings. The van der Waals surface area contributed by atoms with Crippen LogP contribution in [0.3, 0.4) is 0 Å². The van der Waals surface area contributed by atoms with Crippen molar-refractivity contribution in [1.29, 1.82) is 0 Å². The smallest absolute Gasteiger partial charge is 0.263 e. The van der Waals surface area contributed by atoms with Crippen LogP contribution in [0.15, 0.2) is 53.3 Å². The third kappa shape index (κ3) is 2.07. The van der Waals surface area contributed by atoms with Crippen molar-refractivity contribution in [3.8, 4) is 5.69 Å². The summed E-state index contributed by atoms with van der Waals surface area (Å²) < 4.78 is 1.50. The van der Waals surface area contributed by atoms with Gasteiger partial charge in [0.05, 0.1) is 16.8 Å². The number of hydrogen-bond acceptors (Lipinski definition) is 2. The Labute approximate surface area is 122 Å². The summed E-state index contributed by atoms with van der Waals surface area (Å²) in [5.41, 5.74) is 2.83. The molecule has 0 saturated heterocycles. The molecule has 3 heteroatoms. The number of carbonyl (C=O) groups is 1. The first-order valence-corrected chi connectivity index (χ1v) is 6.80. The van der Waals surface area contributed by atoms with Gasteiger partial charge in [-0.2, -0.15) is 0 Å². The average Bonchev–Trinajstić information content (AvgIpc) is 2.48. The van der Waals surface area contributed by atoms with E-state index in [2.05, 4.69) is 0 Å². The Morgan fingerprint density at radius 3 is 2.38 bits per heavy atom. The number of rotatable bonds is 2. The fourth-order valence-corrected chi connectivity index (χ4v) is 2.71. The Bertz CT molecular complexity index is 907. The molecule has 0 unspecified atom stereocenters. The summed E-state index contributed by atoms with van der Waals surface area (Å²) in [4.78, 5) is 24.3. The number of aldehydes is 1. The lowest BCUT2D eigenvalue weighted by Crippen LogP contribution is -2.23. The van der Waals surface area contributed by atoms with E-state index in [9.17, 15) is 9.59 Å². The Morgan fingerprint density at radius 2 is 1.67 bits per heavy atom. The first-order valence-electron chi connectivity index (χ1n) is 6.80. The summed E-state index contributed by atoms with van der Waals surface area (Å²) in [5.74, 6) is 0. The fraction of sp³-hybridized carbons (Fsp3) is 0.111. The van der Waals surface area contributed by atoms with E-state index in [1.54, 1.807) is 6.07 Å². The third-order valence-electron chi connectivity index (χ3n) is 3.76. The Morgan fingerprint density at radius 1 is 0.952 bits per heavy atom. The Balaban J connectivity index is 2.51. The zero-order chi connectivity index (χ0) is 15.0. The summed E-state index contributed by atoms with van der Waals surface area (Å²) in [5, 5.41) is 1.46. The highest BCUT2D eigenvalue weighted by Gasteiger charge is 2.13. The lowest BCUT2D eigenvalue weighted by atomic mass is 10.1. The van der Waals surface area contributed by atoms with E-state index in [0.717, 1.165) is 28.5 Å². The van der Waals surface area contributed by atoms with E-state index >= 15 is 0 Å². The van der Waals surface area contributed by atoms with Gasteiger partial charge in [0.15, 0.2) is 6.29 Å². The van der Waals surface area contributed by atoms with Crippen molar-refractivity contribution in [2.24, 2.45) is 0 Å². The van der Waals surface area contributed by atoms with Crippen LogP contribution in [-0.4, -0.2) is 10.9 Å². The van der Waals surface area contributed by atoms with Gasteiger partial charge >= 0.3 is 0 Å². The minimum Gasteiger partial charge on any atom is -0.296 e. The van der Waals surface area contributed by atoms with Crippen LogP contribution < -0.4 is 5.56 Å². The van der Waals surface area contributed by atoms with Crippen LogP contribution in [0.25, 0.3) is 16.5 Å². The number of aromatic nitrogens is 1. The molecule has 0 aliphatic heterocycles. The highest BCUT2D eigenvalue weighted by atomic mass is 16.1. The molecule has 0 radical (unpaired) electrons. The number of carbonyl (C=O) groups excluding carboxylic acids is 1. The highest BCUT2D eigenvalue weighted by Crippen LogP contribution is 2.19. The molecule has 0 aliphatic carbocycles. The molecule has 104 valence electrons. The molecule has 1 heterocycles. The molecule has 2 aromatic carbocycles. The molecule has 0 N–H and O–H groups in total. The number of para-hydroxylation sites is 1. The van der Waals surface area contributed by atoms with Gasteiger partial charge in [-0.3, -0.25) is 14.2 Å². The Kier molecular flexibility index (Phi) is 3.18. The largest absolute Gasteiger partial charge is 0.296 e. The zero-order valence-electron chi connectivity index (χ0n) is 12.0. The number of hydrogen-bond donors (Lipinski definition) is 0. The van der Waals surface area contributed by atoms with Crippen molar-refractivity contribution in [2.45, 2.75) is 13.8 Å². The van der Waals surface area contributed by atoms with Gasteiger partial charge in [-0.15, -0.1) is 0 Å². The van der Waals surface area contributed by atoms with Crippen LogP contribution >= 0.6 is 0 Å². The molecule has 0 spiro atoms. The minimum absolute atomic E-state index is 0.151. The lowest BCUT2D eigenvalue weighted by Gasteiger charge is -2.14. The van der Waals surface area contributed by atoms with Gasteiger partial charge in [-0.25, -0.2) is 0 Å². The van der Waals surface area contributed by atoms with Gasteiger partial charge in [0.2, 0.25) is 0 Å². The van der Waals surface area contributed by atoms with Gasteiger partial charge in [0, 0.05) is 0 Å². The molecule has 0 atom stereocenters. The van der Waals surface area contributed by atoms with Gasteiger partial charge in [-0.1, -0.05) is 36.4 Å². The summed E-state index contributed by atoms with van der Waals surface area (Å²) in [6.07, 6.45) is 0.732. The summed E-state index contributed by atoms with van der Waals surface area (Å²) >= 11 is 0. The van der Waals surface area contributed by atoms with Crippen molar-refractivity contribution in [3.63, 3.8) is 0 Å². The molecule has 0 bridgehead atoms. The predicted molar refractivity (Wildman–Crippen MR) is 84.4 cm³/mol. The van der Waals surface area contributed by atoms with Crippen molar-refractivity contribution in [1.82, 2.24) is 4.57 Å². The second-order valence-electron chi connectivity index (χ2n) is 5.15. The van der Waals surface area contributed by atoms with Gasteiger partial charge in [0.1, 0.15) is 0 Å². The topological polar surface area (TPSA) is 39.1 Å². The second kappa shape index (κ2) is 5.02. The Hall–Kier alpha value is -2.68. The van der Waals surface area contributed by atoms with E-state index in [4.69, 9.17) is 0 Å². The normalized spacial score (nSPS) is 10.8. The second-order valence-corrected chi connectivity index (χ2v) is 5.15. The minimum atomic E-state index is -0.151. The first-order chi connectivity index (χ1) is 10.1. The molecule has 3 aromatic rings. The summed E-state index contributed by atoms with van der Waals surface area (Å²) in [6.45, 7) is 3.84. The molecule has 21 heavy (non-hydrogen) atoms. The first kappa shape index (κ1) is 13.3. The lowest BCUT2D eigenvalue weighted by molar-refractivity contribution is 0.111. The van der Waals surface area contributed by atoms with E-state index in [1.807, 2.05) is 56.3 Å². The molecular weight excluding hydrogens is 262 g/mol. The molecule has 0 saturated carbocycles. The maximum Gasteiger partial charge on any atom is 0.263 e. The molecule has 3 nitrogen and oxygen atoms in total.